The van der Waals surface area contributed by atoms with Gasteiger partial charge in [-0.15, -0.1) is 11.3 Å². The second-order valence-electron chi connectivity index (χ2n) is 4.59. The molecule has 3 nitrogen and oxygen atoms in total. The van der Waals surface area contributed by atoms with E-state index in [1.165, 1.54) is 0 Å². The van der Waals surface area contributed by atoms with Crippen molar-refractivity contribution >= 4 is 33.1 Å². The predicted molar refractivity (Wildman–Crippen MR) is 69.3 cm³/mol. The molecule has 0 radical (unpaired) electrons. The highest BCUT2D eigenvalue weighted by molar-refractivity contribution is 7.20. The lowest BCUT2D eigenvalue weighted by atomic mass is 10.1. The molecule has 0 amide bonds. The molecule has 22 heavy (non-hydrogen) atoms. The van der Waals surface area contributed by atoms with E-state index >= 15 is 0 Å². The summed E-state index contributed by atoms with van der Waals surface area (Å²) in [6.07, 6.45) is -7.57. The zero-order valence-electron chi connectivity index (χ0n) is 11.0. The van der Waals surface area contributed by atoms with Gasteiger partial charge in [-0.2, -0.15) is 22.0 Å². The Morgan fingerprint density at radius 1 is 1.18 bits per heavy atom. The number of halogens is 5. The first-order chi connectivity index (χ1) is 10.0. The van der Waals surface area contributed by atoms with Crippen LogP contribution in [-0.4, -0.2) is 28.6 Å². The van der Waals surface area contributed by atoms with Crippen LogP contribution in [0.2, 0.25) is 0 Å². The van der Waals surface area contributed by atoms with Gasteiger partial charge in [-0.25, -0.2) is 4.98 Å². The number of hydrogen-bond acceptors (Lipinski definition) is 4. The van der Waals surface area contributed by atoms with E-state index < -0.39 is 30.1 Å². The summed E-state index contributed by atoms with van der Waals surface area (Å²) in [5.74, 6) is -9.19. The van der Waals surface area contributed by atoms with Crippen LogP contribution < -0.4 is 0 Å². The Morgan fingerprint density at radius 3 is 2.41 bits per heavy atom. The van der Waals surface area contributed by atoms with E-state index in [4.69, 9.17) is 0 Å². The number of alkyl halides is 5. The van der Waals surface area contributed by atoms with Crippen LogP contribution in [0.3, 0.4) is 0 Å². The van der Waals surface area contributed by atoms with Crippen molar-refractivity contribution in [1.29, 1.82) is 0 Å². The monoisotopic (exact) mass is 337 g/mol. The Morgan fingerprint density at radius 2 is 1.82 bits per heavy atom. The Balaban J connectivity index is 2.22. The number of carbonyl (C=O) groups excluding carboxylic acids is 2. The fourth-order valence-corrected chi connectivity index (χ4v) is 2.64. The van der Waals surface area contributed by atoms with E-state index in [-0.39, 0.29) is 5.01 Å². The van der Waals surface area contributed by atoms with Crippen LogP contribution in [0.4, 0.5) is 22.0 Å². The third-order valence-corrected chi connectivity index (χ3v) is 3.87. The molecule has 0 saturated heterocycles. The van der Waals surface area contributed by atoms with Gasteiger partial charge in [0.1, 0.15) is 0 Å². The SMILES string of the molecule is Cc1ccc2nc(C(=O)CC(=O)C(F)(F)C(F)(F)F)sc2c1. The zero-order valence-corrected chi connectivity index (χ0v) is 11.8. The second kappa shape index (κ2) is 5.38. The molecule has 0 unspecified atom stereocenters. The highest BCUT2D eigenvalue weighted by Gasteiger charge is 2.62. The first-order valence-corrected chi connectivity index (χ1v) is 6.72. The Kier molecular flexibility index (Phi) is 4.03. The Labute approximate surface area is 124 Å². The molecular formula is C13H8F5NO2S. The molecule has 0 N–H and O–H groups in total. The summed E-state index contributed by atoms with van der Waals surface area (Å²) in [6, 6.07) is 4.99. The van der Waals surface area contributed by atoms with Crippen molar-refractivity contribution in [3.05, 3.63) is 28.8 Å². The number of Topliss-reactive ketones (excluding diaryl/α,β-unsaturated/α-hetero) is 2. The standard InChI is InChI=1S/C13H8F5NO2S/c1-6-2-3-7-9(4-6)22-11(19-7)8(20)5-10(21)12(14,15)13(16,17)18/h2-4H,5H2,1H3. The van der Waals surface area contributed by atoms with E-state index in [1.54, 1.807) is 25.1 Å². The number of benzene rings is 1. The molecule has 9 heteroatoms. The number of ketones is 2. The summed E-state index contributed by atoms with van der Waals surface area (Å²) < 4.78 is 62.4. The van der Waals surface area contributed by atoms with Crippen LogP contribution in [0.25, 0.3) is 10.2 Å². The molecule has 1 heterocycles. The molecular weight excluding hydrogens is 329 g/mol. The minimum absolute atomic E-state index is 0.271. The summed E-state index contributed by atoms with van der Waals surface area (Å²) in [5, 5.41) is -0.271. The average molecular weight is 337 g/mol. The van der Waals surface area contributed by atoms with Gasteiger partial charge in [0, 0.05) is 0 Å². The van der Waals surface area contributed by atoms with Gasteiger partial charge in [-0.3, -0.25) is 9.59 Å². The molecule has 0 aliphatic rings. The number of thiazole rings is 1. The number of aryl methyl sites for hydroxylation is 1. The minimum atomic E-state index is -6.02. The summed E-state index contributed by atoms with van der Waals surface area (Å²) in [5.41, 5.74) is 1.28. The predicted octanol–water partition coefficient (Wildman–Crippen LogP) is 3.94. The van der Waals surface area contributed by atoms with Crippen molar-refractivity contribution in [2.45, 2.75) is 25.4 Å². The molecule has 118 valence electrons. The van der Waals surface area contributed by atoms with Crippen LogP contribution in [-0.2, 0) is 4.79 Å². The number of fused-ring (bicyclic) bond motifs is 1. The fourth-order valence-electron chi connectivity index (χ4n) is 1.64. The third-order valence-electron chi connectivity index (χ3n) is 2.81. The smallest absolute Gasteiger partial charge is 0.292 e. The van der Waals surface area contributed by atoms with Gasteiger partial charge in [-0.1, -0.05) is 6.07 Å². The molecule has 1 aromatic carbocycles. The molecule has 0 spiro atoms. The van der Waals surface area contributed by atoms with E-state index in [0.717, 1.165) is 16.9 Å². The number of carbonyl (C=O) groups is 2. The molecule has 0 saturated carbocycles. The molecule has 0 aliphatic heterocycles. The van der Waals surface area contributed by atoms with Crippen LogP contribution >= 0.6 is 11.3 Å². The van der Waals surface area contributed by atoms with Gasteiger partial charge in [0.05, 0.1) is 16.6 Å². The molecule has 0 aliphatic carbocycles. The summed E-state index contributed by atoms with van der Waals surface area (Å²) in [6.45, 7) is 1.79. The van der Waals surface area contributed by atoms with Gasteiger partial charge in [-0.05, 0) is 24.6 Å². The number of aromatic nitrogens is 1. The van der Waals surface area contributed by atoms with Crippen molar-refractivity contribution in [3.63, 3.8) is 0 Å². The quantitative estimate of drug-likeness (QED) is 0.482. The molecule has 0 bridgehead atoms. The molecule has 0 fully saturated rings. The van der Waals surface area contributed by atoms with E-state index in [0.29, 0.717) is 10.2 Å². The molecule has 2 aromatic rings. The minimum Gasteiger partial charge on any atom is -0.292 e. The van der Waals surface area contributed by atoms with Crippen LogP contribution in [0.5, 0.6) is 0 Å². The van der Waals surface area contributed by atoms with Crippen molar-refractivity contribution in [2.24, 2.45) is 0 Å². The van der Waals surface area contributed by atoms with Crippen LogP contribution in [0.1, 0.15) is 21.8 Å². The summed E-state index contributed by atoms with van der Waals surface area (Å²) >= 11 is 0.841. The van der Waals surface area contributed by atoms with E-state index in [9.17, 15) is 31.5 Å². The molecule has 0 atom stereocenters. The first-order valence-electron chi connectivity index (χ1n) is 5.90. The Bertz CT molecular complexity index is 750. The lowest BCUT2D eigenvalue weighted by Crippen LogP contribution is -2.44. The lowest BCUT2D eigenvalue weighted by molar-refractivity contribution is -0.268. The normalized spacial score (nSPS) is 12.6. The van der Waals surface area contributed by atoms with Gasteiger partial charge in [0.15, 0.2) is 10.8 Å². The molecule has 2 rings (SSSR count). The Hall–Kier alpha value is -1.90. The maximum absolute atomic E-state index is 12.8. The maximum atomic E-state index is 12.8. The largest absolute Gasteiger partial charge is 0.461 e. The highest BCUT2D eigenvalue weighted by Crippen LogP contribution is 2.37. The summed E-state index contributed by atoms with van der Waals surface area (Å²) in [7, 11) is 0. The zero-order chi connectivity index (χ0) is 16.7. The van der Waals surface area contributed by atoms with Crippen LogP contribution in [0.15, 0.2) is 18.2 Å². The third kappa shape index (κ3) is 2.99. The van der Waals surface area contributed by atoms with E-state index in [2.05, 4.69) is 4.98 Å². The first kappa shape index (κ1) is 16.5. The average Bonchev–Trinajstić information content (AvgIpc) is 2.80. The number of rotatable bonds is 4. The van der Waals surface area contributed by atoms with Crippen LogP contribution in [0, 0.1) is 6.92 Å². The van der Waals surface area contributed by atoms with Gasteiger partial charge in [0.2, 0.25) is 5.78 Å². The highest BCUT2D eigenvalue weighted by atomic mass is 32.1. The summed E-state index contributed by atoms with van der Waals surface area (Å²) in [4.78, 5) is 26.6. The maximum Gasteiger partial charge on any atom is 0.461 e. The lowest BCUT2D eigenvalue weighted by Gasteiger charge is -2.17. The van der Waals surface area contributed by atoms with Gasteiger partial charge < -0.3 is 0 Å². The second-order valence-corrected chi connectivity index (χ2v) is 5.62. The van der Waals surface area contributed by atoms with Crippen molar-refractivity contribution in [2.75, 3.05) is 0 Å². The fraction of sp³-hybridized carbons (Fsp3) is 0.308. The van der Waals surface area contributed by atoms with Gasteiger partial charge in [0.25, 0.3) is 0 Å². The van der Waals surface area contributed by atoms with Crippen molar-refractivity contribution < 1.29 is 31.5 Å². The van der Waals surface area contributed by atoms with Crippen molar-refractivity contribution in [3.8, 4) is 0 Å². The van der Waals surface area contributed by atoms with Gasteiger partial charge >= 0.3 is 12.1 Å². The number of nitrogens with zero attached hydrogens (tertiary/aromatic N) is 1. The van der Waals surface area contributed by atoms with E-state index in [1.807, 2.05) is 0 Å². The number of hydrogen-bond donors (Lipinski definition) is 0. The van der Waals surface area contributed by atoms with Crippen molar-refractivity contribution in [1.82, 2.24) is 4.98 Å². The topological polar surface area (TPSA) is 47.0 Å². The molecule has 1 aromatic heterocycles.